The number of carbonyl (C=O) groups excluding carboxylic acids is 1. The summed E-state index contributed by atoms with van der Waals surface area (Å²) in [6.45, 7) is 3.46. The summed E-state index contributed by atoms with van der Waals surface area (Å²) in [5.41, 5.74) is 2.18. The molecule has 0 spiro atoms. The maximum atomic E-state index is 13.5. The molecule has 1 aliphatic rings. The van der Waals surface area contributed by atoms with Crippen LogP contribution < -0.4 is 0 Å². The Balaban J connectivity index is 1.65. The van der Waals surface area contributed by atoms with Crippen LogP contribution in [0.1, 0.15) is 19.4 Å². The SMILES string of the molecule is CC1(C)C(C=C(F)C(F)(F)Cl)C1C(=O)OCc1cccc(-c2ccccc2)c1. The molecule has 0 aliphatic heterocycles. The van der Waals surface area contributed by atoms with Crippen LogP contribution in [0.15, 0.2) is 66.5 Å². The first-order valence-corrected chi connectivity index (χ1v) is 9.24. The highest BCUT2D eigenvalue weighted by atomic mass is 35.5. The van der Waals surface area contributed by atoms with Gasteiger partial charge in [0.25, 0.3) is 0 Å². The standard InChI is InChI=1S/C22H20ClF3O2/c1-21(2)17(12-18(24)22(23,25)26)19(21)20(27)28-13-14-7-6-10-16(11-14)15-8-4-3-5-9-15/h3-12,17,19H,13H2,1-2H3. The fourth-order valence-corrected chi connectivity index (χ4v) is 3.47. The smallest absolute Gasteiger partial charge is 0.373 e. The minimum Gasteiger partial charge on any atom is -0.461 e. The van der Waals surface area contributed by atoms with E-state index in [-0.39, 0.29) is 6.61 Å². The highest BCUT2D eigenvalue weighted by molar-refractivity contribution is 6.23. The van der Waals surface area contributed by atoms with Crippen molar-refractivity contribution in [1.29, 1.82) is 0 Å². The second kappa shape index (κ2) is 7.63. The first-order valence-electron chi connectivity index (χ1n) is 8.86. The molecule has 2 aromatic rings. The minimum atomic E-state index is -4.06. The van der Waals surface area contributed by atoms with Crippen molar-refractivity contribution >= 4 is 17.6 Å². The number of esters is 1. The topological polar surface area (TPSA) is 26.3 Å². The Morgan fingerprint density at radius 2 is 1.79 bits per heavy atom. The number of ether oxygens (including phenoxy) is 1. The fourth-order valence-electron chi connectivity index (χ4n) is 3.41. The molecule has 148 valence electrons. The van der Waals surface area contributed by atoms with Gasteiger partial charge >= 0.3 is 11.4 Å². The van der Waals surface area contributed by atoms with Crippen molar-refractivity contribution in [1.82, 2.24) is 0 Å². The van der Waals surface area contributed by atoms with Crippen molar-refractivity contribution in [2.75, 3.05) is 0 Å². The number of alkyl halides is 3. The molecule has 3 rings (SSSR count). The Morgan fingerprint density at radius 1 is 1.14 bits per heavy atom. The molecule has 0 N–H and O–H groups in total. The molecule has 0 heterocycles. The summed E-state index contributed by atoms with van der Waals surface area (Å²) in [6, 6.07) is 17.4. The number of carbonyl (C=O) groups is 1. The van der Waals surface area contributed by atoms with Crippen molar-refractivity contribution < 1.29 is 22.7 Å². The number of hydrogen-bond donors (Lipinski definition) is 0. The highest BCUT2D eigenvalue weighted by Crippen LogP contribution is 2.60. The minimum absolute atomic E-state index is 0.0523. The van der Waals surface area contributed by atoms with Crippen LogP contribution in [-0.4, -0.2) is 11.4 Å². The van der Waals surface area contributed by atoms with Gasteiger partial charge in [-0.2, -0.15) is 8.78 Å². The maximum Gasteiger partial charge on any atom is 0.373 e. The van der Waals surface area contributed by atoms with E-state index in [2.05, 4.69) is 11.6 Å². The van der Waals surface area contributed by atoms with Crippen LogP contribution in [0, 0.1) is 17.3 Å². The zero-order valence-electron chi connectivity index (χ0n) is 15.5. The molecule has 2 atom stereocenters. The van der Waals surface area contributed by atoms with E-state index >= 15 is 0 Å². The van der Waals surface area contributed by atoms with Crippen LogP contribution in [0.2, 0.25) is 0 Å². The largest absolute Gasteiger partial charge is 0.461 e. The average molecular weight is 409 g/mol. The van der Waals surface area contributed by atoms with Gasteiger partial charge in [0.2, 0.25) is 0 Å². The Kier molecular flexibility index (Phi) is 5.57. The molecule has 0 saturated heterocycles. The van der Waals surface area contributed by atoms with E-state index in [1.807, 2.05) is 54.6 Å². The molecule has 2 unspecified atom stereocenters. The molecule has 0 radical (unpaired) electrons. The van der Waals surface area contributed by atoms with Crippen LogP contribution in [0.4, 0.5) is 13.2 Å². The number of halogens is 4. The summed E-state index contributed by atoms with van der Waals surface area (Å²) in [5, 5.41) is -4.06. The van der Waals surface area contributed by atoms with Crippen LogP contribution in [0.3, 0.4) is 0 Å². The summed E-state index contributed by atoms with van der Waals surface area (Å²) < 4.78 is 44.5. The van der Waals surface area contributed by atoms with Gasteiger partial charge in [-0.15, -0.1) is 0 Å². The number of hydrogen-bond acceptors (Lipinski definition) is 2. The lowest BCUT2D eigenvalue weighted by molar-refractivity contribution is -0.147. The van der Waals surface area contributed by atoms with Crippen LogP contribution in [0.25, 0.3) is 11.1 Å². The molecule has 1 fully saturated rings. The van der Waals surface area contributed by atoms with E-state index in [1.54, 1.807) is 13.8 Å². The number of benzene rings is 2. The molecule has 1 saturated carbocycles. The second-order valence-corrected chi connectivity index (χ2v) is 7.99. The Labute approximate surface area is 167 Å². The lowest BCUT2D eigenvalue weighted by Gasteiger charge is -2.08. The molecular formula is C22H20ClF3O2. The van der Waals surface area contributed by atoms with E-state index in [0.717, 1.165) is 22.8 Å². The third kappa shape index (κ3) is 4.41. The maximum absolute atomic E-state index is 13.5. The molecule has 1 aliphatic carbocycles. The highest BCUT2D eigenvalue weighted by Gasteiger charge is 2.62. The van der Waals surface area contributed by atoms with Crippen LogP contribution in [0.5, 0.6) is 0 Å². The number of allylic oxidation sites excluding steroid dienone is 2. The van der Waals surface area contributed by atoms with Gasteiger partial charge in [-0.3, -0.25) is 4.79 Å². The first kappa shape index (κ1) is 20.5. The van der Waals surface area contributed by atoms with Gasteiger partial charge in [0.15, 0.2) is 5.83 Å². The van der Waals surface area contributed by atoms with Gasteiger partial charge in [0, 0.05) is 0 Å². The lowest BCUT2D eigenvalue weighted by atomic mass is 10.0. The molecule has 28 heavy (non-hydrogen) atoms. The van der Waals surface area contributed by atoms with Gasteiger partial charge < -0.3 is 4.74 Å². The molecular weight excluding hydrogens is 389 g/mol. The van der Waals surface area contributed by atoms with Crippen molar-refractivity contribution in [2.45, 2.75) is 25.8 Å². The number of rotatable bonds is 6. The normalized spacial score (nSPS) is 21.3. The molecule has 0 amide bonds. The van der Waals surface area contributed by atoms with E-state index in [0.29, 0.717) is 0 Å². The quantitative estimate of drug-likeness (QED) is 0.411. The summed E-state index contributed by atoms with van der Waals surface area (Å²) in [6.07, 6.45) is 0.731. The Morgan fingerprint density at radius 3 is 2.43 bits per heavy atom. The predicted octanol–water partition coefficient (Wildman–Crippen LogP) is 6.35. The molecule has 6 heteroatoms. The Hall–Kier alpha value is -2.27. The lowest BCUT2D eigenvalue weighted by Crippen LogP contribution is -2.11. The first-order chi connectivity index (χ1) is 13.1. The van der Waals surface area contributed by atoms with E-state index in [1.165, 1.54) is 0 Å². The molecule has 0 aromatic heterocycles. The predicted molar refractivity (Wildman–Crippen MR) is 102 cm³/mol. The monoisotopic (exact) mass is 408 g/mol. The van der Waals surface area contributed by atoms with Crippen LogP contribution >= 0.6 is 11.6 Å². The third-order valence-electron chi connectivity index (χ3n) is 5.18. The Bertz CT molecular complexity index is 888. The van der Waals surface area contributed by atoms with Crippen LogP contribution in [-0.2, 0) is 16.1 Å². The molecule has 2 aromatic carbocycles. The van der Waals surface area contributed by atoms with E-state index in [9.17, 15) is 18.0 Å². The van der Waals surface area contributed by atoms with E-state index in [4.69, 9.17) is 4.74 Å². The third-order valence-corrected chi connectivity index (χ3v) is 5.36. The van der Waals surface area contributed by atoms with Crippen molar-refractivity contribution in [3.63, 3.8) is 0 Å². The van der Waals surface area contributed by atoms with Crippen molar-refractivity contribution in [3.05, 3.63) is 72.1 Å². The summed E-state index contributed by atoms with van der Waals surface area (Å²) in [5.74, 6) is -3.64. The average Bonchev–Trinajstić information content (AvgIpc) is 3.20. The molecule has 0 bridgehead atoms. The summed E-state index contributed by atoms with van der Waals surface area (Å²) in [7, 11) is 0. The summed E-state index contributed by atoms with van der Waals surface area (Å²) in [4.78, 5) is 12.4. The van der Waals surface area contributed by atoms with Crippen molar-refractivity contribution in [3.8, 4) is 11.1 Å². The second-order valence-electron chi connectivity index (χ2n) is 7.51. The van der Waals surface area contributed by atoms with Gasteiger partial charge in [0.1, 0.15) is 6.61 Å². The zero-order valence-corrected chi connectivity index (χ0v) is 16.2. The van der Waals surface area contributed by atoms with Gasteiger partial charge in [-0.1, -0.05) is 62.4 Å². The van der Waals surface area contributed by atoms with Gasteiger partial charge in [0.05, 0.1) is 5.92 Å². The fraction of sp³-hybridized carbons (Fsp3) is 0.318. The molecule has 2 nitrogen and oxygen atoms in total. The summed E-state index contributed by atoms with van der Waals surface area (Å²) >= 11 is 4.69. The zero-order chi connectivity index (χ0) is 20.5. The van der Waals surface area contributed by atoms with Crippen molar-refractivity contribution in [2.24, 2.45) is 17.3 Å². The van der Waals surface area contributed by atoms with Gasteiger partial charge in [-0.25, -0.2) is 4.39 Å². The van der Waals surface area contributed by atoms with E-state index < -0.39 is 34.4 Å². The van der Waals surface area contributed by atoms with Gasteiger partial charge in [-0.05, 0) is 51.8 Å².